The lowest BCUT2D eigenvalue weighted by molar-refractivity contribution is 0.326. The summed E-state index contributed by atoms with van der Waals surface area (Å²) in [6.45, 7) is 2.45. The molecule has 3 nitrogen and oxygen atoms in total. The van der Waals surface area contributed by atoms with Gasteiger partial charge in [-0.15, -0.1) is 0 Å². The van der Waals surface area contributed by atoms with Gasteiger partial charge >= 0.3 is 0 Å². The zero-order valence-electron chi connectivity index (χ0n) is 9.19. The van der Waals surface area contributed by atoms with E-state index in [-0.39, 0.29) is 0 Å². The normalized spacial score (nSPS) is 25.9. The Morgan fingerprint density at radius 2 is 2.19 bits per heavy atom. The maximum Gasteiger partial charge on any atom is 0.0540 e. The van der Waals surface area contributed by atoms with Crippen molar-refractivity contribution in [3.63, 3.8) is 0 Å². The number of anilines is 1. The van der Waals surface area contributed by atoms with Crippen molar-refractivity contribution in [3.05, 3.63) is 22.9 Å². The van der Waals surface area contributed by atoms with Crippen LogP contribution in [0.2, 0.25) is 0 Å². The molecule has 3 rings (SSSR count). The monoisotopic (exact) mass is 281 g/mol. The van der Waals surface area contributed by atoms with E-state index >= 15 is 0 Å². The number of rotatable bonds is 3. The van der Waals surface area contributed by atoms with Gasteiger partial charge in [-0.25, -0.2) is 0 Å². The lowest BCUT2D eigenvalue weighted by Gasteiger charge is -2.16. The first-order valence-corrected chi connectivity index (χ1v) is 6.72. The molecule has 1 aromatic rings. The standard InChI is InChI=1S/C12H16BrN3/c13-9-5-11(7-14-6-9)15-10-3-4-16(8-10)12-1-2-12/h5-7,10,12,15H,1-4,8H2. The molecular weight excluding hydrogens is 266 g/mol. The van der Waals surface area contributed by atoms with Crippen LogP contribution in [0.1, 0.15) is 19.3 Å². The third-order valence-corrected chi connectivity index (χ3v) is 3.79. The molecule has 86 valence electrons. The summed E-state index contributed by atoms with van der Waals surface area (Å²) in [6.07, 6.45) is 7.78. The lowest BCUT2D eigenvalue weighted by Crippen LogP contribution is -2.27. The smallest absolute Gasteiger partial charge is 0.0540 e. The van der Waals surface area contributed by atoms with Crippen LogP contribution in [0.3, 0.4) is 0 Å². The van der Waals surface area contributed by atoms with Crippen molar-refractivity contribution in [2.24, 2.45) is 0 Å². The van der Waals surface area contributed by atoms with Gasteiger partial charge in [0.25, 0.3) is 0 Å². The van der Waals surface area contributed by atoms with Crippen molar-refractivity contribution in [2.75, 3.05) is 18.4 Å². The van der Waals surface area contributed by atoms with Crippen LogP contribution in [0.15, 0.2) is 22.9 Å². The maximum atomic E-state index is 4.17. The Morgan fingerprint density at radius 1 is 1.31 bits per heavy atom. The summed E-state index contributed by atoms with van der Waals surface area (Å²) >= 11 is 3.44. The zero-order valence-corrected chi connectivity index (χ0v) is 10.8. The summed E-state index contributed by atoms with van der Waals surface area (Å²) in [5.41, 5.74) is 1.12. The lowest BCUT2D eigenvalue weighted by atomic mass is 10.2. The highest BCUT2D eigenvalue weighted by molar-refractivity contribution is 9.10. The molecule has 1 N–H and O–H groups in total. The molecule has 1 saturated carbocycles. The molecule has 16 heavy (non-hydrogen) atoms. The van der Waals surface area contributed by atoms with Crippen LogP contribution in [-0.4, -0.2) is 35.1 Å². The molecule has 1 aromatic heterocycles. The van der Waals surface area contributed by atoms with Gasteiger partial charge in [-0.1, -0.05) is 0 Å². The van der Waals surface area contributed by atoms with Crippen molar-refractivity contribution < 1.29 is 0 Å². The summed E-state index contributed by atoms with van der Waals surface area (Å²) < 4.78 is 1.04. The van der Waals surface area contributed by atoms with E-state index in [4.69, 9.17) is 0 Å². The van der Waals surface area contributed by atoms with E-state index in [0.717, 1.165) is 16.2 Å². The minimum absolute atomic E-state index is 0.594. The van der Waals surface area contributed by atoms with Crippen molar-refractivity contribution in [1.29, 1.82) is 0 Å². The topological polar surface area (TPSA) is 28.2 Å². The Bertz CT molecular complexity index is 378. The van der Waals surface area contributed by atoms with Crippen molar-refractivity contribution in [1.82, 2.24) is 9.88 Å². The first-order chi connectivity index (χ1) is 7.81. The fourth-order valence-corrected chi connectivity index (χ4v) is 2.77. The van der Waals surface area contributed by atoms with E-state index in [1.165, 1.54) is 32.4 Å². The number of halogens is 1. The van der Waals surface area contributed by atoms with Crippen LogP contribution >= 0.6 is 15.9 Å². The highest BCUT2D eigenvalue weighted by Crippen LogP contribution is 2.30. The number of nitrogens with one attached hydrogen (secondary N) is 1. The first-order valence-electron chi connectivity index (χ1n) is 5.92. The van der Waals surface area contributed by atoms with Crippen molar-refractivity contribution >= 4 is 21.6 Å². The van der Waals surface area contributed by atoms with E-state index in [2.05, 4.69) is 37.2 Å². The Hall–Kier alpha value is -0.610. The Labute approximate surface area is 104 Å². The largest absolute Gasteiger partial charge is 0.380 e. The number of pyridine rings is 1. The molecule has 2 heterocycles. The summed E-state index contributed by atoms with van der Waals surface area (Å²) in [7, 11) is 0. The zero-order chi connectivity index (χ0) is 11.0. The van der Waals surface area contributed by atoms with Crippen LogP contribution in [0, 0.1) is 0 Å². The third-order valence-electron chi connectivity index (χ3n) is 3.36. The fourth-order valence-electron chi connectivity index (χ4n) is 2.40. The van der Waals surface area contributed by atoms with Gasteiger partial charge in [0.05, 0.1) is 11.9 Å². The number of nitrogens with zero attached hydrogens (tertiary/aromatic N) is 2. The van der Waals surface area contributed by atoms with Gasteiger partial charge in [0.2, 0.25) is 0 Å². The molecule has 2 fully saturated rings. The summed E-state index contributed by atoms with van der Waals surface area (Å²) in [5.74, 6) is 0. The predicted octanol–water partition coefficient (Wildman–Crippen LogP) is 2.49. The highest BCUT2D eigenvalue weighted by Gasteiger charge is 2.34. The van der Waals surface area contributed by atoms with Gasteiger partial charge < -0.3 is 5.32 Å². The van der Waals surface area contributed by atoms with Gasteiger partial charge in [0.1, 0.15) is 0 Å². The van der Waals surface area contributed by atoms with Crippen LogP contribution in [0.25, 0.3) is 0 Å². The molecule has 0 bridgehead atoms. The van der Waals surface area contributed by atoms with Crippen LogP contribution < -0.4 is 5.32 Å². The SMILES string of the molecule is Brc1cncc(NC2CCN(C3CC3)C2)c1. The average Bonchev–Trinajstić information content (AvgIpc) is 3.01. The van der Waals surface area contributed by atoms with E-state index in [1.54, 1.807) is 0 Å². The second-order valence-electron chi connectivity index (χ2n) is 4.75. The van der Waals surface area contributed by atoms with Gasteiger partial charge in [0, 0.05) is 35.8 Å². The van der Waals surface area contributed by atoms with Gasteiger partial charge in [-0.3, -0.25) is 9.88 Å². The molecular formula is C12H16BrN3. The Kier molecular flexibility index (Phi) is 2.86. The summed E-state index contributed by atoms with van der Waals surface area (Å²) in [6, 6.07) is 3.58. The molecule has 0 spiro atoms. The third kappa shape index (κ3) is 2.38. The molecule has 0 radical (unpaired) electrons. The van der Waals surface area contributed by atoms with Gasteiger partial charge in [-0.05, 0) is 41.3 Å². The number of hydrogen-bond acceptors (Lipinski definition) is 3. The molecule has 1 atom stereocenters. The van der Waals surface area contributed by atoms with Crippen LogP contribution in [0.5, 0.6) is 0 Å². The summed E-state index contributed by atoms with van der Waals surface area (Å²) in [4.78, 5) is 6.78. The summed E-state index contributed by atoms with van der Waals surface area (Å²) in [5, 5.41) is 3.56. The maximum absolute atomic E-state index is 4.17. The minimum atomic E-state index is 0.594. The fraction of sp³-hybridized carbons (Fsp3) is 0.583. The molecule has 2 aliphatic rings. The van der Waals surface area contributed by atoms with E-state index in [9.17, 15) is 0 Å². The molecule has 1 aliphatic carbocycles. The van der Waals surface area contributed by atoms with Crippen LogP contribution in [0.4, 0.5) is 5.69 Å². The Balaban J connectivity index is 1.59. The van der Waals surface area contributed by atoms with E-state index < -0.39 is 0 Å². The molecule has 0 amide bonds. The van der Waals surface area contributed by atoms with Crippen molar-refractivity contribution in [3.8, 4) is 0 Å². The first kappa shape index (κ1) is 10.5. The molecule has 0 aromatic carbocycles. The number of likely N-dealkylation sites (tertiary alicyclic amines) is 1. The van der Waals surface area contributed by atoms with E-state index in [1.807, 2.05) is 12.4 Å². The average molecular weight is 282 g/mol. The highest BCUT2D eigenvalue weighted by atomic mass is 79.9. The predicted molar refractivity (Wildman–Crippen MR) is 68.6 cm³/mol. The van der Waals surface area contributed by atoms with E-state index in [0.29, 0.717) is 6.04 Å². The molecule has 4 heteroatoms. The minimum Gasteiger partial charge on any atom is -0.380 e. The van der Waals surface area contributed by atoms with Crippen molar-refractivity contribution in [2.45, 2.75) is 31.3 Å². The van der Waals surface area contributed by atoms with Gasteiger partial charge in [-0.2, -0.15) is 0 Å². The van der Waals surface area contributed by atoms with Crippen LogP contribution in [-0.2, 0) is 0 Å². The number of hydrogen-bond donors (Lipinski definition) is 1. The molecule has 1 aliphatic heterocycles. The molecule has 1 saturated heterocycles. The van der Waals surface area contributed by atoms with Gasteiger partial charge in [0.15, 0.2) is 0 Å². The Morgan fingerprint density at radius 3 is 2.94 bits per heavy atom. The molecule has 1 unspecified atom stereocenters. The second-order valence-corrected chi connectivity index (χ2v) is 5.66. The quantitative estimate of drug-likeness (QED) is 0.923. The second kappa shape index (κ2) is 4.34. The number of aromatic nitrogens is 1.